The molecule has 0 atom stereocenters. The fraction of sp³-hybridized carbons (Fsp3) is 0.611. The summed E-state index contributed by atoms with van der Waals surface area (Å²) in [7, 11) is 1.68. The Balaban J connectivity index is 2.21. The van der Waals surface area contributed by atoms with E-state index in [4.69, 9.17) is 21.1 Å². The monoisotopic (exact) mass is 355 g/mol. The average molecular weight is 356 g/mol. The number of guanidine groups is 1. The second-order valence-corrected chi connectivity index (χ2v) is 5.75. The van der Waals surface area contributed by atoms with Crippen LogP contribution in [0.3, 0.4) is 0 Å². The average Bonchev–Trinajstić information content (AvgIpc) is 2.59. The van der Waals surface area contributed by atoms with Gasteiger partial charge in [0.2, 0.25) is 0 Å². The van der Waals surface area contributed by atoms with E-state index in [0.29, 0.717) is 13.2 Å². The van der Waals surface area contributed by atoms with Gasteiger partial charge in [-0.1, -0.05) is 29.8 Å². The maximum atomic E-state index is 6.17. The van der Waals surface area contributed by atoms with Crippen LogP contribution in [0, 0.1) is 0 Å². The minimum atomic E-state index is 0.651. The molecule has 5 nitrogen and oxygen atoms in total. The van der Waals surface area contributed by atoms with E-state index in [1.165, 1.54) is 0 Å². The highest BCUT2D eigenvalue weighted by molar-refractivity contribution is 6.31. The topological polar surface area (TPSA) is 54.9 Å². The Hall–Kier alpha value is -1.30. The van der Waals surface area contributed by atoms with Crippen LogP contribution < -0.4 is 10.6 Å². The minimum Gasteiger partial charge on any atom is -0.382 e. The summed E-state index contributed by atoms with van der Waals surface area (Å²) in [6.45, 7) is 6.57. The number of rotatable bonds is 12. The lowest BCUT2D eigenvalue weighted by Crippen LogP contribution is -2.38. The van der Waals surface area contributed by atoms with Gasteiger partial charge in [-0.2, -0.15) is 0 Å². The molecule has 1 rings (SSSR count). The first-order chi connectivity index (χ1) is 11.8. The number of unbranched alkanes of at least 4 members (excludes halogenated alkanes) is 1. The third-order valence-corrected chi connectivity index (χ3v) is 3.76. The summed E-state index contributed by atoms with van der Waals surface area (Å²) in [5.74, 6) is 0.852. The molecule has 1 aromatic carbocycles. The van der Waals surface area contributed by atoms with Crippen LogP contribution in [0.25, 0.3) is 0 Å². The zero-order valence-electron chi connectivity index (χ0n) is 14.8. The van der Waals surface area contributed by atoms with Crippen molar-refractivity contribution in [1.29, 1.82) is 0 Å². The molecular weight excluding hydrogens is 326 g/mol. The first-order valence-corrected chi connectivity index (χ1v) is 8.98. The predicted molar refractivity (Wildman–Crippen MR) is 101 cm³/mol. The number of halogens is 1. The lowest BCUT2D eigenvalue weighted by atomic mass is 10.1. The second-order valence-electron chi connectivity index (χ2n) is 5.34. The van der Waals surface area contributed by atoms with Crippen molar-refractivity contribution in [3.8, 4) is 0 Å². The minimum absolute atomic E-state index is 0.651. The number of nitrogens with zero attached hydrogens (tertiary/aromatic N) is 1. The van der Waals surface area contributed by atoms with E-state index in [0.717, 1.165) is 62.0 Å². The van der Waals surface area contributed by atoms with Crippen LogP contribution in [-0.4, -0.2) is 52.5 Å². The summed E-state index contributed by atoms with van der Waals surface area (Å²) < 4.78 is 10.4. The Labute approximate surface area is 150 Å². The van der Waals surface area contributed by atoms with Crippen LogP contribution >= 0.6 is 11.6 Å². The molecule has 0 aromatic heterocycles. The van der Waals surface area contributed by atoms with Gasteiger partial charge in [0.1, 0.15) is 0 Å². The van der Waals surface area contributed by atoms with E-state index in [-0.39, 0.29) is 0 Å². The molecule has 0 saturated carbocycles. The van der Waals surface area contributed by atoms with Crippen molar-refractivity contribution in [1.82, 2.24) is 10.6 Å². The van der Waals surface area contributed by atoms with Crippen molar-refractivity contribution in [2.75, 3.05) is 46.6 Å². The number of hydrogen-bond acceptors (Lipinski definition) is 3. The Morgan fingerprint density at radius 3 is 2.71 bits per heavy atom. The predicted octanol–water partition coefficient (Wildman–Crippen LogP) is 2.88. The summed E-state index contributed by atoms with van der Waals surface area (Å²) >= 11 is 6.17. The van der Waals surface area contributed by atoms with Gasteiger partial charge in [-0.3, -0.25) is 4.99 Å². The van der Waals surface area contributed by atoms with Gasteiger partial charge >= 0.3 is 0 Å². The third kappa shape index (κ3) is 9.75. The van der Waals surface area contributed by atoms with Crippen molar-refractivity contribution in [3.05, 3.63) is 34.9 Å². The molecule has 0 aliphatic carbocycles. The van der Waals surface area contributed by atoms with Crippen molar-refractivity contribution in [3.63, 3.8) is 0 Å². The van der Waals surface area contributed by atoms with Gasteiger partial charge in [0.15, 0.2) is 5.96 Å². The van der Waals surface area contributed by atoms with E-state index in [1.807, 2.05) is 18.2 Å². The molecule has 136 valence electrons. The molecule has 0 saturated heterocycles. The number of aliphatic imine (C=N–C) groups is 1. The van der Waals surface area contributed by atoms with Crippen molar-refractivity contribution in [2.24, 2.45) is 4.99 Å². The van der Waals surface area contributed by atoms with Crippen LogP contribution in [0.2, 0.25) is 5.02 Å². The molecule has 0 fully saturated rings. The summed E-state index contributed by atoms with van der Waals surface area (Å²) in [5.41, 5.74) is 1.15. The number of hydrogen-bond donors (Lipinski definition) is 2. The molecule has 1 aromatic rings. The maximum Gasteiger partial charge on any atom is 0.191 e. The maximum absolute atomic E-state index is 6.17. The third-order valence-electron chi connectivity index (χ3n) is 3.39. The van der Waals surface area contributed by atoms with Gasteiger partial charge in [-0.25, -0.2) is 0 Å². The van der Waals surface area contributed by atoms with Crippen LogP contribution in [0.4, 0.5) is 0 Å². The molecule has 6 heteroatoms. The Morgan fingerprint density at radius 2 is 1.96 bits per heavy atom. The van der Waals surface area contributed by atoms with Crippen LogP contribution in [-0.2, 0) is 15.9 Å². The highest BCUT2D eigenvalue weighted by atomic mass is 35.5. The van der Waals surface area contributed by atoms with Gasteiger partial charge in [0.25, 0.3) is 0 Å². The number of methoxy groups -OCH3 is 1. The molecule has 2 N–H and O–H groups in total. The molecule has 0 amide bonds. The first kappa shape index (κ1) is 20.7. The van der Waals surface area contributed by atoms with Crippen LogP contribution in [0.15, 0.2) is 29.3 Å². The highest BCUT2D eigenvalue weighted by Gasteiger charge is 2.00. The van der Waals surface area contributed by atoms with Crippen LogP contribution in [0.1, 0.15) is 25.3 Å². The Kier molecular flexibility index (Phi) is 12.2. The van der Waals surface area contributed by atoms with Gasteiger partial charge in [-0.15, -0.1) is 0 Å². The van der Waals surface area contributed by atoms with Gasteiger partial charge in [0, 0.05) is 38.4 Å². The number of nitrogens with one attached hydrogen (secondary N) is 2. The molecule has 24 heavy (non-hydrogen) atoms. The first-order valence-electron chi connectivity index (χ1n) is 8.60. The lowest BCUT2D eigenvalue weighted by molar-refractivity contribution is 0.0690. The van der Waals surface area contributed by atoms with E-state index in [1.54, 1.807) is 7.11 Å². The molecule has 0 aliphatic heterocycles. The zero-order valence-corrected chi connectivity index (χ0v) is 15.6. The Morgan fingerprint density at radius 1 is 1.12 bits per heavy atom. The smallest absolute Gasteiger partial charge is 0.191 e. The molecule has 0 spiro atoms. The van der Waals surface area contributed by atoms with Gasteiger partial charge in [0.05, 0.1) is 13.2 Å². The second kappa shape index (κ2) is 14.1. The van der Waals surface area contributed by atoms with Crippen molar-refractivity contribution in [2.45, 2.75) is 26.2 Å². The number of benzene rings is 1. The summed E-state index contributed by atoms with van der Waals surface area (Å²) in [4.78, 5) is 4.58. The summed E-state index contributed by atoms with van der Waals surface area (Å²) in [6.07, 6.45) is 2.89. The summed E-state index contributed by atoms with van der Waals surface area (Å²) in [5, 5.41) is 7.42. The van der Waals surface area contributed by atoms with E-state index in [9.17, 15) is 0 Å². The molecule has 0 unspecified atom stereocenters. The molecule has 0 bridgehead atoms. The lowest BCUT2D eigenvalue weighted by Gasteiger charge is -2.12. The van der Waals surface area contributed by atoms with Crippen LogP contribution in [0.5, 0.6) is 0 Å². The fourth-order valence-electron chi connectivity index (χ4n) is 2.11. The van der Waals surface area contributed by atoms with E-state index in [2.05, 4.69) is 28.6 Å². The fourth-order valence-corrected chi connectivity index (χ4v) is 2.34. The van der Waals surface area contributed by atoms with Crippen molar-refractivity contribution < 1.29 is 9.47 Å². The largest absolute Gasteiger partial charge is 0.382 e. The SMILES string of the molecule is CCNC(=NCCCCOCCOC)NCCc1ccccc1Cl. The number of ether oxygens (including phenoxy) is 2. The molecule has 0 heterocycles. The zero-order chi connectivity index (χ0) is 17.5. The standard InChI is InChI=1S/C18H30ClN3O2/c1-3-20-18(21-11-6-7-13-24-15-14-23-2)22-12-10-16-8-4-5-9-17(16)19/h4-5,8-9H,3,6-7,10-15H2,1-2H3,(H2,20,21,22). The van der Waals surface area contributed by atoms with Gasteiger partial charge < -0.3 is 20.1 Å². The summed E-state index contributed by atoms with van der Waals surface area (Å²) in [6, 6.07) is 7.93. The van der Waals surface area contributed by atoms with Crippen molar-refractivity contribution >= 4 is 17.6 Å². The molecule has 0 aliphatic rings. The Bertz CT molecular complexity index is 469. The van der Waals surface area contributed by atoms with E-state index < -0.39 is 0 Å². The molecule has 0 radical (unpaired) electrons. The quantitative estimate of drug-likeness (QED) is 0.344. The van der Waals surface area contributed by atoms with Gasteiger partial charge in [-0.05, 0) is 37.8 Å². The molecular formula is C18H30ClN3O2. The normalized spacial score (nSPS) is 11.5. The highest BCUT2D eigenvalue weighted by Crippen LogP contribution is 2.14. The van der Waals surface area contributed by atoms with E-state index >= 15 is 0 Å².